The van der Waals surface area contributed by atoms with Crippen molar-refractivity contribution in [1.29, 1.82) is 5.26 Å². The lowest BCUT2D eigenvalue weighted by molar-refractivity contribution is 0.141. The van der Waals surface area contributed by atoms with E-state index in [0.29, 0.717) is 12.5 Å². The maximum atomic E-state index is 8.80. The number of hydrogen-bond acceptors (Lipinski definition) is 4. The highest BCUT2D eigenvalue weighted by atomic mass is 32.1. The number of thiophene rings is 1. The van der Waals surface area contributed by atoms with Gasteiger partial charge in [-0.05, 0) is 44.7 Å². The number of nitriles is 1. The van der Waals surface area contributed by atoms with Crippen molar-refractivity contribution in [3.63, 3.8) is 0 Å². The second-order valence-corrected chi connectivity index (χ2v) is 5.96. The van der Waals surface area contributed by atoms with Crippen LogP contribution in [0.15, 0.2) is 11.4 Å². The van der Waals surface area contributed by atoms with E-state index < -0.39 is 0 Å². The van der Waals surface area contributed by atoms with Crippen molar-refractivity contribution in [2.24, 2.45) is 5.73 Å². The van der Waals surface area contributed by atoms with Crippen LogP contribution in [0.5, 0.6) is 0 Å². The summed E-state index contributed by atoms with van der Waals surface area (Å²) in [5.41, 5.74) is 7.49. The molecule has 0 aliphatic heterocycles. The lowest BCUT2D eigenvalue weighted by Gasteiger charge is -2.36. The summed E-state index contributed by atoms with van der Waals surface area (Å²) in [4.78, 5) is 3.67. The molecule has 0 aromatic carbocycles. The third-order valence-corrected chi connectivity index (χ3v) is 4.26. The predicted octanol–water partition coefficient (Wildman–Crippen LogP) is 3.07. The van der Waals surface area contributed by atoms with Crippen molar-refractivity contribution in [3.05, 3.63) is 21.9 Å². The molecule has 4 heteroatoms. The fraction of sp³-hybridized carbons (Fsp3) is 0.643. The first-order valence-electron chi connectivity index (χ1n) is 6.41. The molecule has 0 spiro atoms. The minimum Gasteiger partial charge on any atom is -0.326 e. The molecule has 0 fully saturated rings. The Balaban J connectivity index is 3.02. The summed E-state index contributed by atoms with van der Waals surface area (Å²) >= 11 is 1.76. The van der Waals surface area contributed by atoms with E-state index in [9.17, 15) is 0 Å². The Labute approximate surface area is 114 Å². The zero-order chi connectivity index (χ0) is 13.7. The van der Waals surface area contributed by atoms with E-state index in [0.717, 1.165) is 6.54 Å². The molecule has 0 saturated heterocycles. The third kappa shape index (κ3) is 3.55. The topological polar surface area (TPSA) is 53.0 Å². The lowest BCUT2D eigenvalue weighted by Crippen LogP contribution is -2.43. The Morgan fingerprint density at radius 3 is 2.50 bits per heavy atom. The van der Waals surface area contributed by atoms with Crippen LogP contribution in [0, 0.1) is 18.3 Å². The molecule has 18 heavy (non-hydrogen) atoms. The van der Waals surface area contributed by atoms with Gasteiger partial charge in [0, 0.05) is 29.9 Å². The maximum absolute atomic E-state index is 8.80. The first-order valence-corrected chi connectivity index (χ1v) is 7.29. The van der Waals surface area contributed by atoms with Crippen molar-refractivity contribution in [3.8, 4) is 6.07 Å². The summed E-state index contributed by atoms with van der Waals surface area (Å²) in [6.45, 7) is 9.28. The average Bonchev–Trinajstić information content (AvgIpc) is 2.69. The Kier molecular flexibility index (Phi) is 5.80. The molecule has 0 aliphatic carbocycles. The molecular formula is C14H23N3S. The maximum Gasteiger partial charge on any atom is 0.0635 e. The number of nitrogens with two attached hydrogens (primary N) is 1. The van der Waals surface area contributed by atoms with Gasteiger partial charge in [0.2, 0.25) is 0 Å². The quantitative estimate of drug-likeness (QED) is 0.860. The monoisotopic (exact) mass is 265 g/mol. The van der Waals surface area contributed by atoms with Crippen molar-refractivity contribution < 1.29 is 0 Å². The number of hydrogen-bond donors (Lipinski definition) is 1. The van der Waals surface area contributed by atoms with Gasteiger partial charge in [0.05, 0.1) is 12.1 Å². The zero-order valence-electron chi connectivity index (χ0n) is 11.7. The summed E-state index contributed by atoms with van der Waals surface area (Å²) in [7, 11) is 0. The van der Waals surface area contributed by atoms with E-state index in [4.69, 9.17) is 11.0 Å². The van der Waals surface area contributed by atoms with Crippen LogP contribution in [0.2, 0.25) is 0 Å². The van der Waals surface area contributed by atoms with Crippen molar-refractivity contribution in [2.45, 2.75) is 52.2 Å². The molecule has 100 valence electrons. The van der Waals surface area contributed by atoms with Gasteiger partial charge in [0.25, 0.3) is 0 Å². The van der Waals surface area contributed by atoms with Crippen LogP contribution >= 0.6 is 11.3 Å². The normalized spacial score (nSPS) is 14.8. The largest absolute Gasteiger partial charge is 0.326 e. The number of rotatable bonds is 6. The summed E-state index contributed by atoms with van der Waals surface area (Å²) in [5, 5.41) is 10.9. The highest BCUT2D eigenvalue weighted by Gasteiger charge is 2.27. The summed E-state index contributed by atoms with van der Waals surface area (Å²) in [6, 6.07) is 5.02. The van der Waals surface area contributed by atoms with Gasteiger partial charge in [-0.3, -0.25) is 4.90 Å². The second kappa shape index (κ2) is 6.89. The van der Waals surface area contributed by atoms with Crippen LogP contribution in [0.25, 0.3) is 0 Å². The minimum absolute atomic E-state index is 0.0587. The van der Waals surface area contributed by atoms with Crippen LogP contribution in [-0.2, 0) is 0 Å². The molecule has 2 atom stereocenters. The van der Waals surface area contributed by atoms with Gasteiger partial charge in [-0.15, -0.1) is 11.3 Å². The molecule has 2 unspecified atom stereocenters. The van der Waals surface area contributed by atoms with Crippen LogP contribution in [0.3, 0.4) is 0 Å². The molecule has 0 bridgehead atoms. The molecule has 1 rings (SSSR count). The molecule has 0 amide bonds. The molecule has 0 aliphatic rings. The molecule has 1 aromatic rings. The summed E-state index contributed by atoms with van der Waals surface area (Å²) < 4.78 is 0. The van der Waals surface area contributed by atoms with Crippen LogP contribution in [-0.4, -0.2) is 23.5 Å². The van der Waals surface area contributed by atoms with E-state index >= 15 is 0 Å². The first-order chi connectivity index (χ1) is 8.49. The Hall–Kier alpha value is -0.890. The summed E-state index contributed by atoms with van der Waals surface area (Å²) in [5.74, 6) is 0. The van der Waals surface area contributed by atoms with Gasteiger partial charge >= 0.3 is 0 Å². The Bertz CT molecular complexity index is 403. The molecule has 3 nitrogen and oxygen atoms in total. The van der Waals surface area contributed by atoms with E-state index in [1.807, 2.05) is 6.92 Å². The molecule has 1 heterocycles. The number of aryl methyl sites for hydroxylation is 1. The van der Waals surface area contributed by atoms with E-state index in [1.165, 1.54) is 10.4 Å². The predicted molar refractivity (Wildman–Crippen MR) is 77.5 cm³/mol. The summed E-state index contributed by atoms with van der Waals surface area (Å²) in [6.07, 6.45) is 0.547. The van der Waals surface area contributed by atoms with Crippen LogP contribution in [0.1, 0.15) is 43.7 Å². The van der Waals surface area contributed by atoms with Gasteiger partial charge in [0.1, 0.15) is 0 Å². The van der Waals surface area contributed by atoms with Crippen molar-refractivity contribution >= 4 is 11.3 Å². The van der Waals surface area contributed by atoms with Gasteiger partial charge in [0.15, 0.2) is 0 Å². The Morgan fingerprint density at radius 2 is 2.11 bits per heavy atom. The van der Waals surface area contributed by atoms with E-state index in [1.54, 1.807) is 11.3 Å². The first kappa shape index (κ1) is 15.2. The average molecular weight is 265 g/mol. The Morgan fingerprint density at radius 1 is 1.44 bits per heavy atom. The van der Waals surface area contributed by atoms with Crippen molar-refractivity contribution in [2.75, 3.05) is 6.54 Å². The van der Waals surface area contributed by atoms with Gasteiger partial charge in [-0.25, -0.2) is 0 Å². The van der Waals surface area contributed by atoms with Gasteiger partial charge < -0.3 is 5.73 Å². The fourth-order valence-electron chi connectivity index (χ4n) is 2.28. The number of nitrogens with zero attached hydrogens (tertiary/aromatic N) is 2. The SMILES string of the molecule is Cc1ccsc1C(C(C)N)N(CCC#N)C(C)C. The van der Waals surface area contributed by atoms with E-state index in [-0.39, 0.29) is 12.1 Å². The van der Waals surface area contributed by atoms with Gasteiger partial charge in [-0.1, -0.05) is 0 Å². The van der Waals surface area contributed by atoms with Gasteiger partial charge in [-0.2, -0.15) is 5.26 Å². The van der Waals surface area contributed by atoms with Crippen molar-refractivity contribution in [1.82, 2.24) is 4.90 Å². The second-order valence-electron chi connectivity index (χ2n) is 5.01. The standard InChI is InChI=1S/C14H23N3S/c1-10(2)17(8-5-7-15)13(12(4)16)14-11(3)6-9-18-14/h6,9-10,12-13H,5,8,16H2,1-4H3. The van der Waals surface area contributed by atoms with Crippen LogP contribution < -0.4 is 5.73 Å². The molecule has 0 radical (unpaired) electrons. The highest BCUT2D eigenvalue weighted by Crippen LogP contribution is 2.32. The smallest absolute Gasteiger partial charge is 0.0635 e. The highest BCUT2D eigenvalue weighted by molar-refractivity contribution is 7.10. The molecule has 2 N–H and O–H groups in total. The fourth-order valence-corrected chi connectivity index (χ4v) is 3.44. The van der Waals surface area contributed by atoms with Crippen LogP contribution in [0.4, 0.5) is 0 Å². The minimum atomic E-state index is 0.0587. The zero-order valence-corrected chi connectivity index (χ0v) is 12.5. The molecule has 1 aromatic heterocycles. The lowest BCUT2D eigenvalue weighted by atomic mass is 10.0. The van der Waals surface area contributed by atoms with E-state index in [2.05, 4.69) is 43.2 Å². The molecular weight excluding hydrogens is 242 g/mol. The molecule has 0 saturated carbocycles. The third-order valence-electron chi connectivity index (χ3n) is 3.17.